The molecule has 2 aromatic carbocycles. The molecule has 3 heteroatoms. The summed E-state index contributed by atoms with van der Waals surface area (Å²) in [7, 11) is 0. The number of anilines is 1. The lowest BCUT2D eigenvalue weighted by atomic mass is 9.97. The lowest BCUT2D eigenvalue weighted by Gasteiger charge is -2.30. The maximum atomic E-state index is 12.7. The molecule has 0 atom stereocenters. The van der Waals surface area contributed by atoms with Crippen LogP contribution in [0, 0.1) is 6.92 Å². The minimum Gasteiger partial charge on any atom is -0.312 e. The summed E-state index contributed by atoms with van der Waals surface area (Å²) in [6.07, 6.45) is 4.26. The van der Waals surface area contributed by atoms with Gasteiger partial charge in [0.05, 0.1) is 0 Å². The van der Waals surface area contributed by atoms with Gasteiger partial charge in [0.2, 0.25) is 5.91 Å². The van der Waals surface area contributed by atoms with Crippen LogP contribution in [0.4, 0.5) is 5.69 Å². The molecule has 3 nitrogen and oxygen atoms in total. The molecule has 25 heavy (non-hydrogen) atoms. The van der Waals surface area contributed by atoms with E-state index in [2.05, 4.69) is 31.2 Å². The fraction of sp³-hybridized carbons (Fsp3) is 0.364. The molecule has 0 saturated heterocycles. The molecule has 0 unspecified atom stereocenters. The van der Waals surface area contributed by atoms with E-state index in [1.165, 1.54) is 16.7 Å². The number of hydrogen-bond acceptors (Lipinski definition) is 2. The van der Waals surface area contributed by atoms with Crippen molar-refractivity contribution in [2.24, 2.45) is 0 Å². The number of carbonyl (C=O) groups excluding carboxylic acids is 2. The molecular weight excluding hydrogens is 310 g/mol. The SMILES string of the molecule is CC(=O)c1ccc2c(c1)N(C(=O)CCCc1ccc(C)cc1)CCC2. The number of rotatable bonds is 5. The topological polar surface area (TPSA) is 37.4 Å². The van der Waals surface area contributed by atoms with Crippen LogP contribution in [0.1, 0.15) is 53.2 Å². The second kappa shape index (κ2) is 7.64. The first-order valence-electron chi connectivity index (χ1n) is 9.04. The molecule has 130 valence electrons. The van der Waals surface area contributed by atoms with Crippen LogP contribution in [0.5, 0.6) is 0 Å². The Morgan fingerprint density at radius 3 is 2.56 bits per heavy atom. The number of aryl methyl sites for hydroxylation is 3. The van der Waals surface area contributed by atoms with E-state index in [1.807, 2.05) is 23.1 Å². The van der Waals surface area contributed by atoms with Crippen molar-refractivity contribution in [2.45, 2.75) is 46.0 Å². The van der Waals surface area contributed by atoms with Crippen LogP contribution in [-0.4, -0.2) is 18.2 Å². The number of hydrogen-bond donors (Lipinski definition) is 0. The van der Waals surface area contributed by atoms with Crippen LogP contribution >= 0.6 is 0 Å². The van der Waals surface area contributed by atoms with Crippen molar-refractivity contribution in [3.63, 3.8) is 0 Å². The molecule has 2 aromatic rings. The monoisotopic (exact) mass is 335 g/mol. The van der Waals surface area contributed by atoms with Gasteiger partial charge in [0, 0.05) is 24.2 Å². The summed E-state index contributed by atoms with van der Waals surface area (Å²) in [4.78, 5) is 26.3. The van der Waals surface area contributed by atoms with Gasteiger partial charge in [0.1, 0.15) is 0 Å². The first kappa shape index (κ1) is 17.4. The average molecular weight is 335 g/mol. The molecule has 3 rings (SSSR count). The van der Waals surface area contributed by atoms with Crippen molar-refractivity contribution in [2.75, 3.05) is 11.4 Å². The predicted molar refractivity (Wildman–Crippen MR) is 101 cm³/mol. The van der Waals surface area contributed by atoms with Gasteiger partial charge in [-0.1, -0.05) is 42.0 Å². The summed E-state index contributed by atoms with van der Waals surface area (Å²) in [6.45, 7) is 4.40. The average Bonchev–Trinajstić information content (AvgIpc) is 2.62. The van der Waals surface area contributed by atoms with Crippen molar-refractivity contribution < 1.29 is 9.59 Å². The van der Waals surface area contributed by atoms with Crippen LogP contribution in [0.15, 0.2) is 42.5 Å². The maximum absolute atomic E-state index is 12.7. The van der Waals surface area contributed by atoms with E-state index in [1.54, 1.807) is 6.92 Å². The molecule has 1 amide bonds. The molecular formula is C22H25NO2. The molecule has 0 N–H and O–H groups in total. The number of benzene rings is 2. The third kappa shape index (κ3) is 4.16. The maximum Gasteiger partial charge on any atom is 0.226 e. The van der Waals surface area contributed by atoms with Gasteiger partial charge in [-0.2, -0.15) is 0 Å². The van der Waals surface area contributed by atoms with E-state index >= 15 is 0 Å². The van der Waals surface area contributed by atoms with E-state index in [0.717, 1.165) is 37.9 Å². The zero-order valence-electron chi connectivity index (χ0n) is 15.0. The van der Waals surface area contributed by atoms with E-state index in [4.69, 9.17) is 0 Å². The summed E-state index contributed by atoms with van der Waals surface area (Å²) in [5.74, 6) is 0.203. The Morgan fingerprint density at radius 2 is 1.84 bits per heavy atom. The fourth-order valence-corrected chi connectivity index (χ4v) is 3.39. The van der Waals surface area contributed by atoms with Crippen LogP contribution in [-0.2, 0) is 17.6 Å². The van der Waals surface area contributed by atoms with Crippen molar-refractivity contribution >= 4 is 17.4 Å². The smallest absolute Gasteiger partial charge is 0.226 e. The normalized spacial score (nSPS) is 13.4. The third-order valence-corrected chi connectivity index (χ3v) is 4.89. The molecule has 0 bridgehead atoms. The van der Waals surface area contributed by atoms with Crippen molar-refractivity contribution in [1.29, 1.82) is 0 Å². The Balaban J connectivity index is 1.66. The highest BCUT2D eigenvalue weighted by Crippen LogP contribution is 2.29. The Labute approximate surface area is 149 Å². The number of nitrogens with zero attached hydrogens (tertiary/aromatic N) is 1. The molecule has 0 aliphatic carbocycles. The fourth-order valence-electron chi connectivity index (χ4n) is 3.39. The van der Waals surface area contributed by atoms with Gasteiger partial charge in [0.15, 0.2) is 5.78 Å². The summed E-state index contributed by atoms with van der Waals surface area (Å²) in [5, 5.41) is 0. The molecule has 0 spiro atoms. The number of ketones is 1. The number of carbonyl (C=O) groups is 2. The Bertz CT molecular complexity index is 777. The van der Waals surface area contributed by atoms with Crippen molar-refractivity contribution in [3.8, 4) is 0 Å². The number of fused-ring (bicyclic) bond motifs is 1. The Hall–Kier alpha value is -2.42. The van der Waals surface area contributed by atoms with Gasteiger partial charge in [-0.15, -0.1) is 0 Å². The third-order valence-electron chi connectivity index (χ3n) is 4.89. The molecule has 1 aliphatic heterocycles. The van der Waals surface area contributed by atoms with Crippen molar-refractivity contribution in [1.82, 2.24) is 0 Å². The highest BCUT2D eigenvalue weighted by Gasteiger charge is 2.22. The highest BCUT2D eigenvalue weighted by molar-refractivity contribution is 5.99. The lowest BCUT2D eigenvalue weighted by Crippen LogP contribution is -2.35. The number of amides is 1. The Morgan fingerprint density at radius 1 is 1.08 bits per heavy atom. The summed E-state index contributed by atoms with van der Waals surface area (Å²) < 4.78 is 0. The lowest BCUT2D eigenvalue weighted by molar-refractivity contribution is -0.118. The van der Waals surface area contributed by atoms with Gasteiger partial charge < -0.3 is 4.90 Å². The van der Waals surface area contributed by atoms with Crippen LogP contribution in [0.25, 0.3) is 0 Å². The van der Waals surface area contributed by atoms with Gasteiger partial charge in [0.25, 0.3) is 0 Å². The molecule has 0 fully saturated rings. The van der Waals surface area contributed by atoms with Crippen LogP contribution < -0.4 is 4.90 Å². The largest absolute Gasteiger partial charge is 0.312 e. The van der Waals surface area contributed by atoms with Gasteiger partial charge in [-0.05, 0) is 56.7 Å². The quantitative estimate of drug-likeness (QED) is 0.755. The first-order valence-corrected chi connectivity index (χ1v) is 9.04. The second-order valence-corrected chi connectivity index (χ2v) is 6.89. The zero-order chi connectivity index (χ0) is 17.8. The van der Waals surface area contributed by atoms with Crippen LogP contribution in [0.3, 0.4) is 0 Å². The van der Waals surface area contributed by atoms with E-state index in [-0.39, 0.29) is 11.7 Å². The predicted octanol–water partition coefficient (Wildman–Crippen LogP) is 4.50. The van der Waals surface area contributed by atoms with E-state index in [0.29, 0.717) is 12.0 Å². The minimum absolute atomic E-state index is 0.0418. The molecule has 0 saturated carbocycles. The van der Waals surface area contributed by atoms with Crippen LogP contribution in [0.2, 0.25) is 0 Å². The Kier molecular flexibility index (Phi) is 5.32. The second-order valence-electron chi connectivity index (χ2n) is 6.89. The molecule has 1 aliphatic rings. The van der Waals surface area contributed by atoms with Gasteiger partial charge in [-0.3, -0.25) is 9.59 Å². The first-order chi connectivity index (χ1) is 12.0. The highest BCUT2D eigenvalue weighted by atomic mass is 16.2. The standard InChI is InChI=1S/C22H25NO2/c1-16-8-10-18(11-9-16)5-3-7-22(25)23-14-4-6-19-12-13-20(17(2)24)15-21(19)23/h8-13,15H,3-7,14H2,1-2H3. The van der Waals surface area contributed by atoms with Crippen molar-refractivity contribution in [3.05, 3.63) is 64.7 Å². The molecule has 0 aromatic heterocycles. The summed E-state index contributed by atoms with van der Waals surface area (Å²) in [6, 6.07) is 14.2. The van der Waals surface area contributed by atoms with Gasteiger partial charge in [-0.25, -0.2) is 0 Å². The van der Waals surface area contributed by atoms with E-state index < -0.39 is 0 Å². The minimum atomic E-state index is 0.0418. The zero-order valence-corrected chi connectivity index (χ0v) is 15.0. The summed E-state index contributed by atoms with van der Waals surface area (Å²) in [5.41, 5.74) is 5.31. The molecule has 1 heterocycles. The van der Waals surface area contributed by atoms with Gasteiger partial charge >= 0.3 is 0 Å². The molecule has 0 radical (unpaired) electrons. The summed E-state index contributed by atoms with van der Waals surface area (Å²) >= 11 is 0. The number of Topliss-reactive ketones (excluding diaryl/α,β-unsaturated/α-hetero) is 1. The van der Waals surface area contributed by atoms with E-state index in [9.17, 15) is 9.59 Å².